The van der Waals surface area contributed by atoms with Crippen LogP contribution < -0.4 is 0 Å². The molecule has 1 aliphatic rings. The van der Waals surface area contributed by atoms with Crippen LogP contribution in [0.5, 0.6) is 0 Å². The minimum atomic E-state index is -1.18. The van der Waals surface area contributed by atoms with E-state index in [1.165, 1.54) is 6.07 Å². The lowest BCUT2D eigenvalue weighted by molar-refractivity contribution is -0.141. The molecule has 3 rings (SSSR count). The molecule has 0 fully saturated rings. The van der Waals surface area contributed by atoms with Gasteiger partial charge in [0.25, 0.3) is 0 Å². The Hall–Kier alpha value is -2.20. The second-order valence-electron chi connectivity index (χ2n) is 6.14. The van der Waals surface area contributed by atoms with Crippen LogP contribution in [0.15, 0.2) is 36.5 Å². The minimum Gasteiger partial charge on any atom is -0.480 e. The molecule has 0 saturated carbocycles. The predicted octanol–water partition coefficient (Wildman–Crippen LogP) is 4.83. The van der Waals surface area contributed by atoms with Gasteiger partial charge in [0, 0.05) is 11.8 Å². The first kappa shape index (κ1) is 16.7. The van der Waals surface area contributed by atoms with E-state index in [0.29, 0.717) is 45.8 Å². The molecule has 2 aromatic rings. The van der Waals surface area contributed by atoms with Gasteiger partial charge < -0.3 is 5.11 Å². The molecule has 124 valence electrons. The summed E-state index contributed by atoms with van der Waals surface area (Å²) < 4.78 is 14.5. The summed E-state index contributed by atoms with van der Waals surface area (Å²) in [4.78, 5) is 16.1. The zero-order chi connectivity index (χ0) is 17.5. The van der Waals surface area contributed by atoms with Gasteiger partial charge in [-0.15, -0.1) is 0 Å². The van der Waals surface area contributed by atoms with Crippen molar-refractivity contribution in [2.45, 2.75) is 32.1 Å². The topological polar surface area (TPSA) is 50.2 Å². The monoisotopic (exact) mass is 345 g/mol. The number of aromatic nitrogens is 1. The van der Waals surface area contributed by atoms with Gasteiger partial charge in [-0.1, -0.05) is 23.8 Å². The third-order valence-electron chi connectivity index (χ3n) is 4.67. The molecule has 1 N–H and O–H groups in total. The number of carboxylic acids is 1. The molecule has 1 aliphatic carbocycles. The number of carboxylic acid groups (broad SMARTS) is 1. The third-order valence-corrected chi connectivity index (χ3v) is 5.06. The Labute approximate surface area is 144 Å². The van der Waals surface area contributed by atoms with Crippen molar-refractivity contribution in [1.82, 2.24) is 4.98 Å². The molecule has 0 saturated heterocycles. The van der Waals surface area contributed by atoms with Crippen molar-refractivity contribution in [1.29, 1.82) is 0 Å². The molecule has 1 unspecified atom stereocenters. The largest absolute Gasteiger partial charge is 0.480 e. The van der Waals surface area contributed by atoms with E-state index in [4.69, 9.17) is 11.6 Å². The Kier molecular flexibility index (Phi) is 4.18. The SMILES string of the molecule is Cc1ncc(-c2cc(F)c(C)c(C3(C(=O)O)C=CCC3)c2)cc1Cl. The molecule has 1 heterocycles. The highest BCUT2D eigenvalue weighted by Crippen LogP contribution is 2.40. The van der Waals surface area contributed by atoms with Crippen LogP contribution in [-0.2, 0) is 10.2 Å². The van der Waals surface area contributed by atoms with Crippen molar-refractivity contribution < 1.29 is 14.3 Å². The quantitative estimate of drug-likeness (QED) is 0.810. The second-order valence-corrected chi connectivity index (χ2v) is 6.55. The molecule has 3 nitrogen and oxygen atoms in total. The van der Waals surface area contributed by atoms with E-state index in [-0.39, 0.29) is 0 Å². The van der Waals surface area contributed by atoms with E-state index in [2.05, 4.69) is 4.98 Å². The number of pyridine rings is 1. The number of carbonyl (C=O) groups is 1. The molecule has 1 aromatic heterocycles. The van der Waals surface area contributed by atoms with Crippen molar-refractivity contribution in [2.24, 2.45) is 0 Å². The van der Waals surface area contributed by atoms with Gasteiger partial charge in [0.1, 0.15) is 11.2 Å². The van der Waals surface area contributed by atoms with Gasteiger partial charge >= 0.3 is 5.97 Å². The number of hydrogen-bond acceptors (Lipinski definition) is 2. The number of allylic oxidation sites excluding steroid dienone is 1. The van der Waals surface area contributed by atoms with Crippen molar-refractivity contribution in [3.63, 3.8) is 0 Å². The Morgan fingerprint density at radius 1 is 1.29 bits per heavy atom. The number of nitrogens with zero attached hydrogens (tertiary/aromatic N) is 1. The molecule has 0 spiro atoms. The fourth-order valence-electron chi connectivity index (χ4n) is 3.17. The smallest absolute Gasteiger partial charge is 0.318 e. The highest BCUT2D eigenvalue weighted by Gasteiger charge is 2.41. The van der Waals surface area contributed by atoms with Crippen LogP contribution in [0.4, 0.5) is 4.39 Å². The van der Waals surface area contributed by atoms with Gasteiger partial charge in [-0.25, -0.2) is 4.39 Å². The van der Waals surface area contributed by atoms with Gasteiger partial charge in [-0.2, -0.15) is 0 Å². The number of aryl methyl sites for hydroxylation is 1. The first-order valence-electron chi connectivity index (χ1n) is 7.69. The number of aliphatic carboxylic acids is 1. The molecule has 0 aliphatic heterocycles. The van der Waals surface area contributed by atoms with Crippen LogP contribution in [0.3, 0.4) is 0 Å². The molecule has 0 bridgehead atoms. The summed E-state index contributed by atoms with van der Waals surface area (Å²) in [6, 6.07) is 4.86. The average Bonchev–Trinajstić information content (AvgIpc) is 3.03. The summed E-state index contributed by atoms with van der Waals surface area (Å²) in [5.41, 5.74) is 1.59. The zero-order valence-corrected chi connectivity index (χ0v) is 14.2. The Morgan fingerprint density at radius 2 is 2.04 bits per heavy atom. The number of rotatable bonds is 3. The van der Waals surface area contributed by atoms with Crippen LogP contribution in [-0.4, -0.2) is 16.1 Å². The van der Waals surface area contributed by atoms with Crippen LogP contribution >= 0.6 is 11.6 Å². The molecule has 1 atom stereocenters. The summed E-state index contributed by atoms with van der Waals surface area (Å²) in [6.07, 6.45) is 6.21. The van der Waals surface area contributed by atoms with Crippen molar-refractivity contribution in [2.75, 3.05) is 0 Å². The van der Waals surface area contributed by atoms with Gasteiger partial charge in [0.2, 0.25) is 0 Å². The first-order chi connectivity index (χ1) is 11.3. The maximum atomic E-state index is 14.5. The lowest BCUT2D eigenvalue weighted by Crippen LogP contribution is -2.32. The maximum absolute atomic E-state index is 14.5. The van der Waals surface area contributed by atoms with Crippen molar-refractivity contribution in [3.8, 4) is 11.1 Å². The number of benzene rings is 1. The summed E-state index contributed by atoms with van der Waals surface area (Å²) in [6.45, 7) is 3.40. The van der Waals surface area contributed by atoms with Gasteiger partial charge in [-0.05, 0) is 61.6 Å². The van der Waals surface area contributed by atoms with Crippen LogP contribution in [0.2, 0.25) is 5.02 Å². The van der Waals surface area contributed by atoms with Gasteiger partial charge in [-0.3, -0.25) is 9.78 Å². The van der Waals surface area contributed by atoms with Crippen LogP contribution in [0.1, 0.15) is 29.7 Å². The molecule has 0 amide bonds. The zero-order valence-electron chi connectivity index (χ0n) is 13.4. The summed E-state index contributed by atoms with van der Waals surface area (Å²) in [7, 11) is 0. The normalized spacial score (nSPS) is 19.7. The highest BCUT2D eigenvalue weighted by molar-refractivity contribution is 6.31. The molecule has 1 aromatic carbocycles. The van der Waals surface area contributed by atoms with Gasteiger partial charge in [0.15, 0.2) is 0 Å². The van der Waals surface area contributed by atoms with E-state index in [1.54, 1.807) is 38.3 Å². The summed E-state index contributed by atoms with van der Waals surface area (Å²) in [5.74, 6) is -1.39. The summed E-state index contributed by atoms with van der Waals surface area (Å²) >= 11 is 6.12. The molecule has 0 radical (unpaired) electrons. The predicted molar refractivity (Wildman–Crippen MR) is 91.8 cm³/mol. The van der Waals surface area contributed by atoms with Crippen LogP contribution in [0, 0.1) is 19.7 Å². The van der Waals surface area contributed by atoms with E-state index in [9.17, 15) is 14.3 Å². The lowest BCUT2D eigenvalue weighted by atomic mass is 9.77. The summed E-state index contributed by atoms with van der Waals surface area (Å²) in [5, 5.41) is 10.3. The second kappa shape index (κ2) is 6.02. The standard InChI is InChI=1S/C19H17ClFNO2/c1-11-15(19(18(23)24)5-3-4-6-19)7-13(9-17(11)21)14-8-16(20)12(2)22-10-14/h3,5,7-10H,4,6H2,1-2H3,(H,23,24). The molecular formula is C19H17ClFNO2. The Bertz CT molecular complexity index is 863. The average molecular weight is 346 g/mol. The number of halogens is 2. The maximum Gasteiger partial charge on any atom is 0.318 e. The Balaban J connectivity index is 2.21. The lowest BCUT2D eigenvalue weighted by Gasteiger charge is -2.26. The van der Waals surface area contributed by atoms with E-state index < -0.39 is 17.2 Å². The van der Waals surface area contributed by atoms with Crippen molar-refractivity contribution >= 4 is 17.6 Å². The molecule has 24 heavy (non-hydrogen) atoms. The molecule has 5 heteroatoms. The fraction of sp³-hybridized carbons (Fsp3) is 0.263. The minimum absolute atomic E-state index is 0.360. The van der Waals surface area contributed by atoms with Crippen molar-refractivity contribution in [3.05, 3.63) is 64.2 Å². The van der Waals surface area contributed by atoms with E-state index >= 15 is 0 Å². The fourth-order valence-corrected chi connectivity index (χ4v) is 3.34. The van der Waals surface area contributed by atoms with Crippen LogP contribution in [0.25, 0.3) is 11.1 Å². The third kappa shape index (κ3) is 2.61. The Morgan fingerprint density at radius 3 is 2.62 bits per heavy atom. The number of hydrogen-bond donors (Lipinski definition) is 1. The van der Waals surface area contributed by atoms with E-state index in [1.807, 2.05) is 6.08 Å². The first-order valence-corrected chi connectivity index (χ1v) is 8.07. The van der Waals surface area contributed by atoms with Gasteiger partial charge in [0.05, 0.1) is 10.7 Å². The molecular weight excluding hydrogens is 329 g/mol. The van der Waals surface area contributed by atoms with E-state index in [0.717, 1.165) is 0 Å². The highest BCUT2D eigenvalue weighted by atomic mass is 35.5.